The number of rotatable bonds is 6. The van der Waals surface area contributed by atoms with Crippen LogP contribution in [0.15, 0.2) is 43.0 Å². The van der Waals surface area contributed by atoms with Gasteiger partial charge in [0.25, 0.3) is 0 Å². The molecule has 0 amide bonds. The Morgan fingerprint density at radius 1 is 1.15 bits per heavy atom. The molecule has 1 aliphatic heterocycles. The van der Waals surface area contributed by atoms with Crippen molar-refractivity contribution in [2.24, 2.45) is 5.92 Å². The Balaban J connectivity index is 1.32. The molecule has 1 aliphatic rings. The Kier molecular flexibility index (Phi) is 5.39. The zero-order valence-electron chi connectivity index (χ0n) is 15.6. The van der Waals surface area contributed by atoms with Crippen LogP contribution in [0.25, 0.3) is 0 Å². The summed E-state index contributed by atoms with van der Waals surface area (Å²) in [6.45, 7) is 5.23. The van der Waals surface area contributed by atoms with E-state index in [4.69, 9.17) is 0 Å². The van der Waals surface area contributed by atoms with E-state index in [9.17, 15) is 0 Å². The number of aromatic nitrogens is 5. The lowest BCUT2D eigenvalue weighted by molar-refractivity contribution is 0.175. The predicted octanol–water partition coefficient (Wildman–Crippen LogP) is 3.10. The number of likely N-dealkylation sites (tertiary alicyclic amines) is 1. The molecule has 0 aliphatic carbocycles. The van der Waals surface area contributed by atoms with Gasteiger partial charge in [-0.05, 0) is 62.9 Å². The SMILES string of the molecule is Cc1cccnc1Nc1cc(CC2CCN(Cc3ccn[nH]3)CC2)ncn1. The number of hydrogen-bond donors (Lipinski definition) is 2. The van der Waals surface area contributed by atoms with Gasteiger partial charge in [0.15, 0.2) is 0 Å². The van der Waals surface area contributed by atoms with Crippen molar-refractivity contribution in [1.29, 1.82) is 0 Å². The molecule has 1 fully saturated rings. The van der Waals surface area contributed by atoms with E-state index in [2.05, 4.69) is 35.4 Å². The molecule has 4 heterocycles. The highest BCUT2D eigenvalue weighted by Gasteiger charge is 2.20. The van der Waals surface area contributed by atoms with Crippen molar-refractivity contribution in [2.75, 3.05) is 18.4 Å². The van der Waals surface area contributed by atoms with Gasteiger partial charge in [-0.2, -0.15) is 5.10 Å². The fourth-order valence-electron chi connectivity index (χ4n) is 3.57. The van der Waals surface area contributed by atoms with Crippen LogP contribution in [-0.2, 0) is 13.0 Å². The third-order valence-electron chi connectivity index (χ3n) is 5.14. The summed E-state index contributed by atoms with van der Waals surface area (Å²) in [5.74, 6) is 2.31. The van der Waals surface area contributed by atoms with Crippen molar-refractivity contribution in [3.63, 3.8) is 0 Å². The third-order valence-corrected chi connectivity index (χ3v) is 5.14. The predicted molar refractivity (Wildman–Crippen MR) is 105 cm³/mol. The lowest BCUT2D eigenvalue weighted by atomic mass is 9.92. The van der Waals surface area contributed by atoms with Crippen molar-refractivity contribution >= 4 is 11.6 Å². The third kappa shape index (κ3) is 4.68. The van der Waals surface area contributed by atoms with E-state index in [1.54, 1.807) is 12.5 Å². The van der Waals surface area contributed by atoms with E-state index in [1.807, 2.05) is 37.4 Å². The standard InChI is InChI=1S/C20H25N7/c1-15-3-2-7-21-20(15)25-19-12-18(22-14-23-19)11-16-5-9-27(10-6-16)13-17-4-8-24-26-17/h2-4,7-8,12,14,16H,5-6,9-11,13H2,1H3,(H,24,26)(H,21,22,23,25). The van der Waals surface area contributed by atoms with Crippen molar-refractivity contribution in [3.05, 3.63) is 59.9 Å². The Labute approximate surface area is 159 Å². The fourth-order valence-corrected chi connectivity index (χ4v) is 3.57. The van der Waals surface area contributed by atoms with Crippen LogP contribution >= 0.6 is 0 Å². The van der Waals surface area contributed by atoms with Crippen LogP contribution in [0.3, 0.4) is 0 Å². The molecule has 3 aromatic heterocycles. The molecule has 7 heteroatoms. The van der Waals surface area contributed by atoms with Crippen LogP contribution in [0.1, 0.15) is 29.8 Å². The topological polar surface area (TPSA) is 82.6 Å². The average molecular weight is 363 g/mol. The Morgan fingerprint density at radius 2 is 2.04 bits per heavy atom. The average Bonchev–Trinajstić information content (AvgIpc) is 3.19. The number of aryl methyl sites for hydroxylation is 1. The van der Waals surface area contributed by atoms with Gasteiger partial charge in [-0.1, -0.05) is 6.07 Å². The van der Waals surface area contributed by atoms with Gasteiger partial charge in [0, 0.05) is 36.4 Å². The van der Waals surface area contributed by atoms with E-state index in [0.717, 1.165) is 48.9 Å². The maximum atomic E-state index is 4.48. The maximum Gasteiger partial charge on any atom is 0.135 e. The highest BCUT2D eigenvalue weighted by molar-refractivity contribution is 5.55. The highest BCUT2D eigenvalue weighted by atomic mass is 15.2. The molecule has 0 aromatic carbocycles. The van der Waals surface area contributed by atoms with Crippen molar-refractivity contribution in [1.82, 2.24) is 30.0 Å². The summed E-state index contributed by atoms with van der Waals surface area (Å²) in [7, 11) is 0. The summed E-state index contributed by atoms with van der Waals surface area (Å²) in [4.78, 5) is 15.7. The zero-order chi connectivity index (χ0) is 18.5. The fraction of sp³-hybridized carbons (Fsp3) is 0.400. The summed E-state index contributed by atoms with van der Waals surface area (Å²) in [6.07, 6.45) is 8.63. The number of hydrogen-bond acceptors (Lipinski definition) is 6. The van der Waals surface area contributed by atoms with Gasteiger partial charge in [0.2, 0.25) is 0 Å². The summed E-state index contributed by atoms with van der Waals surface area (Å²) in [5, 5.41) is 10.4. The molecule has 0 saturated carbocycles. The summed E-state index contributed by atoms with van der Waals surface area (Å²) in [6, 6.07) is 8.06. The lowest BCUT2D eigenvalue weighted by Crippen LogP contribution is -2.34. The first kappa shape index (κ1) is 17.6. The monoisotopic (exact) mass is 363 g/mol. The van der Waals surface area contributed by atoms with E-state index >= 15 is 0 Å². The quantitative estimate of drug-likeness (QED) is 0.700. The van der Waals surface area contributed by atoms with Crippen molar-refractivity contribution in [3.8, 4) is 0 Å². The zero-order valence-corrected chi connectivity index (χ0v) is 15.6. The minimum Gasteiger partial charge on any atom is -0.325 e. The largest absolute Gasteiger partial charge is 0.325 e. The van der Waals surface area contributed by atoms with E-state index in [1.165, 1.54) is 18.5 Å². The molecule has 0 unspecified atom stereocenters. The van der Waals surface area contributed by atoms with E-state index in [-0.39, 0.29) is 0 Å². The number of H-pyrrole nitrogens is 1. The second-order valence-corrected chi connectivity index (χ2v) is 7.19. The first-order valence-corrected chi connectivity index (χ1v) is 9.46. The van der Waals surface area contributed by atoms with Gasteiger partial charge in [0.1, 0.15) is 18.0 Å². The van der Waals surface area contributed by atoms with Gasteiger partial charge in [0.05, 0.1) is 0 Å². The number of aromatic amines is 1. The first-order chi connectivity index (χ1) is 13.3. The van der Waals surface area contributed by atoms with E-state index < -0.39 is 0 Å². The van der Waals surface area contributed by atoms with Crippen LogP contribution in [0.5, 0.6) is 0 Å². The van der Waals surface area contributed by atoms with Crippen molar-refractivity contribution in [2.45, 2.75) is 32.7 Å². The van der Waals surface area contributed by atoms with Crippen LogP contribution in [0.4, 0.5) is 11.6 Å². The smallest absolute Gasteiger partial charge is 0.135 e. The number of nitrogens with zero attached hydrogens (tertiary/aromatic N) is 5. The molecular weight excluding hydrogens is 338 g/mol. The molecule has 0 spiro atoms. The number of piperidine rings is 1. The normalized spacial score (nSPS) is 15.7. The molecule has 1 saturated heterocycles. The lowest BCUT2D eigenvalue weighted by Gasteiger charge is -2.31. The molecule has 0 bridgehead atoms. The summed E-state index contributed by atoms with van der Waals surface area (Å²) >= 11 is 0. The minimum atomic E-state index is 0.669. The Morgan fingerprint density at radius 3 is 2.81 bits per heavy atom. The summed E-state index contributed by atoms with van der Waals surface area (Å²) < 4.78 is 0. The molecule has 4 rings (SSSR count). The van der Waals surface area contributed by atoms with Gasteiger partial charge >= 0.3 is 0 Å². The van der Waals surface area contributed by atoms with E-state index in [0.29, 0.717) is 5.92 Å². The Bertz CT molecular complexity index is 854. The second-order valence-electron chi connectivity index (χ2n) is 7.19. The van der Waals surface area contributed by atoms with Crippen LogP contribution in [-0.4, -0.2) is 43.1 Å². The molecule has 0 radical (unpaired) electrons. The molecular formula is C20H25N7. The van der Waals surface area contributed by atoms with Gasteiger partial charge in [-0.3, -0.25) is 10.00 Å². The van der Waals surface area contributed by atoms with Crippen molar-refractivity contribution < 1.29 is 0 Å². The number of nitrogens with one attached hydrogen (secondary N) is 2. The van der Waals surface area contributed by atoms with Crippen LogP contribution in [0.2, 0.25) is 0 Å². The summed E-state index contributed by atoms with van der Waals surface area (Å²) in [5.41, 5.74) is 3.38. The van der Waals surface area contributed by atoms with Gasteiger partial charge < -0.3 is 5.32 Å². The van der Waals surface area contributed by atoms with Gasteiger partial charge in [-0.15, -0.1) is 0 Å². The number of pyridine rings is 1. The second kappa shape index (κ2) is 8.26. The molecule has 3 aromatic rings. The van der Waals surface area contributed by atoms with Crippen LogP contribution in [0, 0.1) is 12.8 Å². The first-order valence-electron chi connectivity index (χ1n) is 9.46. The highest BCUT2D eigenvalue weighted by Crippen LogP contribution is 2.23. The van der Waals surface area contributed by atoms with Gasteiger partial charge in [-0.25, -0.2) is 15.0 Å². The Hall–Kier alpha value is -2.80. The molecule has 7 nitrogen and oxygen atoms in total. The molecule has 27 heavy (non-hydrogen) atoms. The number of anilines is 2. The molecule has 140 valence electrons. The minimum absolute atomic E-state index is 0.669. The van der Waals surface area contributed by atoms with Crippen LogP contribution < -0.4 is 5.32 Å². The maximum absolute atomic E-state index is 4.48. The molecule has 2 N–H and O–H groups in total. The molecule has 0 atom stereocenters.